The number of sulfonamides is 1. The molecule has 48 heavy (non-hydrogen) atoms. The summed E-state index contributed by atoms with van der Waals surface area (Å²) in [5, 5.41) is 10.9. The van der Waals surface area contributed by atoms with Gasteiger partial charge >= 0.3 is 6.03 Å². The highest BCUT2D eigenvalue weighted by Gasteiger charge is 2.30. The molecule has 0 spiro atoms. The zero-order valence-corrected chi connectivity index (χ0v) is 29.0. The van der Waals surface area contributed by atoms with Gasteiger partial charge in [0.1, 0.15) is 16.5 Å². The number of carbonyl (C=O) groups is 1. The normalized spacial score (nSPS) is 16.5. The highest BCUT2D eigenvalue weighted by Crippen LogP contribution is 2.30. The second-order valence-electron chi connectivity index (χ2n) is 13.7. The molecule has 2 aromatic heterocycles. The molecule has 0 unspecified atom stereocenters. The molecule has 4 aromatic rings. The van der Waals surface area contributed by atoms with E-state index < -0.39 is 10.0 Å². The number of benzene rings is 2. The molecule has 0 bridgehead atoms. The Hall–Kier alpha value is -4.26. The fourth-order valence-electron chi connectivity index (χ4n) is 6.13. The Morgan fingerprint density at radius 1 is 0.938 bits per heavy atom. The van der Waals surface area contributed by atoms with Crippen molar-refractivity contribution in [3.8, 4) is 5.69 Å². The molecule has 2 fully saturated rings. The number of morpholine rings is 1. The van der Waals surface area contributed by atoms with Crippen LogP contribution in [0.15, 0.2) is 77.8 Å². The predicted molar refractivity (Wildman–Crippen MR) is 189 cm³/mol. The second-order valence-corrected chi connectivity index (χ2v) is 15.6. The summed E-state index contributed by atoms with van der Waals surface area (Å²) in [4.78, 5) is 20.1. The van der Waals surface area contributed by atoms with Gasteiger partial charge in [-0.25, -0.2) is 22.9 Å². The van der Waals surface area contributed by atoms with Crippen LogP contribution >= 0.6 is 0 Å². The molecule has 2 aromatic carbocycles. The van der Waals surface area contributed by atoms with E-state index in [0.717, 1.165) is 66.4 Å². The average molecular weight is 672 g/mol. The van der Waals surface area contributed by atoms with Gasteiger partial charge in [0.15, 0.2) is 0 Å². The zero-order chi connectivity index (χ0) is 33.9. The molecular formula is C36H45N7O4S. The summed E-state index contributed by atoms with van der Waals surface area (Å²) in [6.45, 7) is 12.0. The first-order chi connectivity index (χ1) is 23.0. The standard InChI is InChI=1S/C36H45N7O4S/c1-26-9-11-29(12-10-26)43-34(24-32(40-43)36(2,3)4)39-35(44)38-31-8-6-5-7-28(31)23-27-15-17-42(18-16-27)48(45,46)30-13-14-33(37-25-30)41-19-21-47-22-20-41/h5-14,24-25,27H,15-23H2,1-4H3,(H2,38,39,44). The summed E-state index contributed by atoms with van der Waals surface area (Å²) < 4.78 is 35.6. The topological polar surface area (TPSA) is 122 Å². The minimum atomic E-state index is -3.64. The number of ether oxygens (including phenoxy) is 1. The number of piperidine rings is 1. The largest absolute Gasteiger partial charge is 0.378 e. The number of hydrogen-bond donors (Lipinski definition) is 2. The molecular weight excluding hydrogens is 627 g/mol. The number of amides is 2. The molecule has 2 aliphatic rings. The van der Waals surface area contributed by atoms with Crippen molar-refractivity contribution in [2.45, 2.75) is 57.3 Å². The minimum Gasteiger partial charge on any atom is -0.378 e. The zero-order valence-electron chi connectivity index (χ0n) is 28.1. The fraction of sp³-hybridized carbons (Fsp3) is 0.417. The Labute approximate surface area is 283 Å². The van der Waals surface area contributed by atoms with Gasteiger partial charge in [-0.1, -0.05) is 56.7 Å². The molecule has 2 aliphatic heterocycles. The van der Waals surface area contributed by atoms with Crippen LogP contribution in [-0.4, -0.2) is 72.9 Å². The van der Waals surface area contributed by atoms with Crippen molar-refractivity contribution in [3.63, 3.8) is 0 Å². The van der Waals surface area contributed by atoms with Crippen molar-refractivity contribution in [2.24, 2.45) is 5.92 Å². The molecule has 2 amide bonds. The monoisotopic (exact) mass is 671 g/mol. The van der Waals surface area contributed by atoms with E-state index in [9.17, 15) is 13.2 Å². The molecule has 254 valence electrons. The highest BCUT2D eigenvalue weighted by atomic mass is 32.2. The number of nitrogens with zero attached hydrogens (tertiary/aromatic N) is 5. The number of aromatic nitrogens is 3. The van der Waals surface area contributed by atoms with E-state index >= 15 is 0 Å². The van der Waals surface area contributed by atoms with Gasteiger partial charge in [0, 0.05) is 49.5 Å². The lowest BCUT2D eigenvalue weighted by Gasteiger charge is -2.32. The first kappa shape index (κ1) is 33.6. The number of anilines is 3. The van der Waals surface area contributed by atoms with Crippen LogP contribution < -0.4 is 15.5 Å². The number of carbonyl (C=O) groups excluding carboxylic acids is 1. The van der Waals surface area contributed by atoms with Crippen LogP contribution in [0.1, 0.15) is 50.4 Å². The lowest BCUT2D eigenvalue weighted by atomic mass is 9.90. The van der Waals surface area contributed by atoms with Gasteiger partial charge in [-0.05, 0) is 68.0 Å². The average Bonchev–Trinajstić information content (AvgIpc) is 3.51. The van der Waals surface area contributed by atoms with Crippen LogP contribution in [0.3, 0.4) is 0 Å². The molecule has 0 aliphatic carbocycles. The van der Waals surface area contributed by atoms with Crippen LogP contribution in [0.2, 0.25) is 0 Å². The Kier molecular flexibility index (Phi) is 9.86. The van der Waals surface area contributed by atoms with Crippen LogP contribution in [-0.2, 0) is 26.6 Å². The van der Waals surface area contributed by atoms with Crippen molar-refractivity contribution < 1.29 is 17.9 Å². The van der Waals surface area contributed by atoms with E-state index in [0.29, 0.717) is 32.1 Å². The Balaban J connectivity index is 1.08. The van der Waals surface area contributed by atoms with E-state index in [2.05, 4.69) is 41.3 Å². The highest BCUT2D eigenvalue weighted by molar-refractivity contribution is 7.89. The van der Waals surface area contributed by atoms with Gasteiger partial charge in [-0.15, -0.1) is 0 Å². The number of urea groups is 1. The predicted octanol–water partition coefficient (Wildman–Crippen LogP) is 6.00. The van der Waals surface area contributed by atoms with Crippen molar-refractivity contribution >= 4 is 33.4 Å². The third kappa shape index (κ3) is 7.72. The van der Waals surface area contributed by atoms with Gasteiger partial charge in [0.05, 0.1) is 24.6 Å². The van der Waals surface area contributed by atoms with Gasteiger partial charge in [0.2, 0.25) is 10.0 Å². The molecule has 0 radical (unpaired) electrons. The minimum absolute atomic E-state index is 0.199. The smallest absolute Gasteiger partial charge is 0.324 e. The summed E-state index contributed by atoms with van der Waals surface area (Å²) in [6, 6.07) is 20.8. The lowest BCUT2D eigenvalue weighted by molar-refractivity contribution is 0.122. The van der Waals surface area contributed by atoms with E-state index in [4.69, 9.17) is 9.84 Å². The maximum atomic E-state index is 13.4. The SMILES string of the molecule is Cc1ccc(-n2nc(C(C)(C)C)cc2NC(=O)Nc2ccccc2CC2CCN(S(=O)(=O)c3ccc(N4CCOCC4)nc3)CC2)cc1. The Morgan fingerprint density at radius 2 is 1.65 bits per heavy atom. The number of aryl methyl sites for hydroxylation is 1. The van der Waals surface area contributed by atoms with Gasteiger partial charge < -0.3 is 15.0 Å². The summed E-state index contributed by atoms with van der Waals surface area (Å²) in [7, 11) is -3.64. The number of pyridine rings is 1. The van der Waals surface area contributed by atoms with E-state index in [1.54, 1.807) is 21.1 Å². The molecule has 2 N–H and O–H groups in total. The van der Waals surface area contributed by atoms with Crippen LogP contribution in [0.25, 0.3) is 5.69 Å². The van der Waals surface area contributed by atoms with Crippen LogP contribution in [0, 0.1) is 12.8 Å². The molecule has 6 rings (SSSR count). The van der Waals surface area contributed by atoms with E-state index in [1.165, 1.54) is 6.20 Å². The molecule has 0 atom stereocenters. The number of para-hydroxylation sites is 1. The molecule has 2 saturated heterocycles. The Bertz CT molecular complexity index is 1820. The maximum Gasteiger partial charge on any atom is 0.324 e. The maximum absolute atomic E-state index is 13.4. The van der Waals surface area contributed by atoms with Crippen molar-refractivity contribution in [2.75, 3.05) is 54.9 Å². The Morgan fingerprint density at radius 3 is 2.31 bits per heavy atom. The number of nitrogens with one attached hydrogen (secondary N) is 2. The van der Waals surface area contributed by atoms with Crippen LogP contribution in [0.5, 0.6) is 0 Å². The number of hydrogen-bond acceptors (Lipinski definition) is 7. The van der Waals surface area contributed by atoms with Gasteiger partial charge in [-0.3, -0.25) is 5.32 Å². The summed E-state index contributed by atoms with van der Waals surface area (Å²) >= 11 is 0. The summed E-state index contributed by atoms with van der Waals surface area (Å²) in [6.07, 6.45) is 3.65. The summed E-state index contributed by atoms with van der Waals surface area (Å²) in [5.41, 5.74) is 4.42. The molecule has 4 heterocycles. The van der Waals surface area contributed by atoms with Gasteiger partial charge in [0.25, 0.3) is 0 Å². The van der Waals surface area contributed by atoms with Gasteiger partial charge in [-0.2, -0.15) is 9.40 Å². The van der Waals surface area contributed by atoms with E-state index in [1.807, 2.05) is 61.5 Å². The second kappa shape index (κ2) is 14.1. The van der Waals surface area contributed by atoms with Crippen LogP contribution in [0.4, 0.5) is 22.1 Å². The fourth-order valence-corrected chi connectivity index (χ4v) is 7.54. The third-order valence-electron chi connectivity index (χ3n) is 9.04. The molecule has 0 saturated carbocycles. The van der Waals surface area contributed by atoms with E-state index in [-0.39, 0.29) is 22.3 Å². The lowest BCUT2D eigenvalue weighted by Crippen LogP contribution is -2.39. The first-order valence-corrected chi connectivity index (χ1v) is 18.0. The van der Waals surface area contributed by atoms with Crippen molar-refractivity contribution in [1.82, 2.24) is 19.1 Å². The van der Waals surface area contributed by atoms with Crippen molar-refractivity contribution in [1.29, 1.82) is 0 Å². The molecule has 12 heteroatoms. The molecule has 11 nitrogen and oxygen atoms in total. The van der Waals surface area contributed by atoms with Crippen molar-refractivity contribution in [3.05, 3.63) is 89.7 Å². The first-order valence-electron chi connectivity index (χ1n) is 16.6. The quantitative estimate of drug-likeness (QED) is 0.236. The summed E-state index contributed by atoms with van der Waals surface area (Å²) in [5.74, 6) is 1.63. The number of rotatable bonds is 8. The third-order valence-corrected chi connectivity index (χ3v) is 10.9.